The number of hydrogen-bond donors (Lipinski definition) is 0. The van der Waals surface area contributed by atoms with Gasteiger partial charge in [0.15, 0.2) is 0 Å². The van der Waals surface area contributed by atoms with Crippen LogP contribution in [0.25, 0.3) is 10.6 Å². The highest BCUT2D eigenvalue weighted by Gasteiger charge is 2.09. The molecule has 0 N–H and O–H groups in total. The molecular weight excluding hydrogens is 182 g/mol. The van der Waals surface area contributed by atoms with E-state index in [1.165, 1.54) is 0 Å². The molecule has 2 aromatic rings. The molecule has 0 radical (unpaired) electrons. The van der Waals surface area contributed by atoms with E-state index < -0.39 is 0 Å². The summed E-state index contributed by atoms with van der Waals surface area (Å²) in [5.41, 5.74) is 1.41. The second-order valence-electron chi connectivity index (χ2n) is 2.65. The average Bonchev–Trinajstić information content (AvgIpc) is 2.71. The number of nitrogens with zero attached hydrogens (tertiary/aromatic N) is 3. The summed E-state index contributed by atoms with van der Waals surface area (Å²) in [6.45, 7) is 0. The van der Waals surface area contributed by atoms with Crippen LogP contribution in [0.1, 0.15) is 5.56 Å². The summed E-state index contributed by atoms with van der Waals surface area (Å²) in [4.78, 5) is 1.04. The van der Waals surface area contributed by atoms with Crippen molar-refractivity contribution in [3.8, 4) is 16.6 Å². The van der Waals surface area contributed by atoms with Gasteiger partial charge in [-0.1, -0.05) is 6.07 Å². The summed E-state index contributed by atoms with van der Waals surface area (Å²) in [6.07, 6.45) is 1.73. The van der Waals surface area contributed by atoms with Crippen molar-refractivity contribution in [1.82, 2.24) is 9.78 Å². The Morgan fingerprint density at radius 2 is 2.46 bits per heavy atom. The van der Waals surface area contributed by atoms with Crippen molar-refractivity contribution in [2.45, 2.75) is 0 Å². The lowest BCUT2D eigenvalue weighted by molar-refractivity contribution is 0.771. The van der Waals surface area contributed by atoms with Gasteiger partial charge in [-0.2, -0.15) is 10.4 Å². The van der Waals surface area contributed by atoms with Crippen molar-refractivity contribution in [2.75, 3.05) is 0 Å². The van der Waals surface area contributed by atoms with Gasteiger partial charge >= 0.3 is 0 Å². The fourth-order valence-corrected chi connectivity index (χ4v) is 1.89. The SMILES string of the molecule is Cn1cc(C#N)c(-c2cccs2)n1. The van der Waals surface area contributed by atoms with Gasteiger partial charge in [0.25, 0.3) is 0 Å². The molecule has 3 nitrogen and oxygen atoms in total. The molecule has 0 saturated heterocycles. The molecule has 0 aliphatic carbocycles. The molecule has 64 valence electrons. The Labute approximate surface area is 79.9 Å². The maximum Gasteiger partial charge on any atom is 0.120 e. The lowest BCUT2D eigenvalue weighted by Gasteiger charge is -1.88. The summed E-state index contributed by atoms with van der Waals surface area (Å²) in [5, 5.41) is 15.0. The Bertz CT molecular complexity index is 448. The normalized spacial score (nSPS) is 9.85. The molecule has 0 saturated carbocycles. The van der Waals surface area contributed by atoms with Crippen molar-refractivity contribution in [3.63, 3.8) is 0 Å². The van der Waals surface area contributed by atoms with Crippen LogP contribution in [0.15, 0.2) is 23.7 Å². The van der Waals surface area contributed by atoms with Crippen molar-refractivity contribution in [3.05, 3.63) is 29.3 Å². The minimum Gasteiger partial charge on any atom is -0.274 e. The van der Waals surface area contributed by atoms with E-state index in [1.54, 1.807) is 22.2 Å². The first-order chi connectivity index (χ1) is 6.31. The molecule has 2 rings (SSSR count). The number of hydrogen-bond acceptors (Lipinski definition) is 3. The lowest BCUT2D eigenvalue weighted by Crippen LogP contribution is -1.86. The molecule has 2 heterocycles. The summed E-state index contributed by atoms with van der Waals surface area (Å²) in [6, 6.07) is 6.05. The van der Waals surface area contributed by atoms with Gasteiger partial charge in [-0.3, -0.25) is 4.68 Å². The molecule has 2 aromatic heterocycles. The van der Waals surface area contributed by atoms with Gasteiger partial charge in [-0.25, -0.2) is 0 Å². The van der Waals surface area contributed by atoms with Crippen LogP contribution in [0, 0.1) is 11.3 Å². The molecule has 0 aromatic carbocycles. The van der Waals surface area contributed by atoms with E-state index in [-0.39, 0.29) is 0 Å². The summed E-state index contributed by atoms with van der Waals surface area (Å²) in [7, 11) is 1.82. The van der Waals surface area contributed by atoms with Crippen molar-refractivity contribution in [2.24, 2.45) is 7.05 Å². The number of aryl methyl sites for hydroxylation is 1. The molecule has 0 unspecified atom stereocenters. The lowest BCUT2D eigenvalue weighted by atomic mass is 10.2. The highest BCUT2D eigenvalue weighted by Crippen LogP contribution is 2.25. The molecular formula is C9H7N3S. The van der Waals surface area contributed by atoms with Crippen molar-refractivity contribution in [1.29, 1.82) is 5.26 Å². The Kier molecular flexibility index (Phi) is 1.87. The van der Waals surface area contributed by atoms with Crippen LogP contribution in [0.3, 0.4) is 0 Å². The van der Waals surface area contributed by atoms with Gasteiger partial charge < -0.3 is 0 Å². The van der Waals surface area contributed by atoms with Crippen LogP contribution in [0.2, 0.25) is 0 Å². The zero-order valence-electron chi connectivity index (χ0n) is 7.06. The number of nitriles is 1. The topological polar surface area (TPSA) is 41.6 Å². The number of rotatable bonds is 1. The first-order valence-corrected chi connectivity index (χ1v) is 4.67. The fraction of sp³-hybridized carbons (Fsp3) is 0.111. The Hall–Kier alpha value is -1.60. The van der Waals surface area contributed by atoms with E-state index in [2.05, 4.69) is 11.2 Å². The third-order valence-corrected chi connectivity index (χ3v) is 2.58. The van der Waals surface area contributed by atoms with Crippen LogP contribution < -0.4 is 0 Å². The van der Waals surface area contributed by atoms with Gasteiger partial charge in [0.1, 0.15) is 11.8 Å². The van der Waals surface area contributed by atoms with E-state index in [4.69, 9.17) is 5.26 Å². The molecule has 0 spiro atoms. The van der Waals surface area contributed by atoms with Crippen LogP contribution in [-0.4, -0.2) is 9.78 Å². The van der Waals surface area contributed by atoms with E-state index in [0.29, 0.717) is 5.56 Å². The van der Waals surface area contributed by atoms with Gasteiger partial charge in [-0.15, -0.1) is 11.3 Å². The molecule has 13 heavy (non-hydrogen) atoms. The van der Waals surface area contributed by atoms with Crippen LogP contribution in [0.5, 0.6) is 0 Å². The molecule has 0 fully saturated rings. The van der Waals surface area contributed by atoms with Gasteiger partial charge in [0.2, 0.25) is 0 Å². The maximum atomic E-state index is 8.83. The molecule has 0 aliphatic heterocycles. The number of thiophene rings is 1. The second-order valence-corrected chi connectivity index (χ2v) is 3.60. The third kappa shape index (κ3) is 1.34. The zero-order chi connectivity index (χ0) is 9.26. The quantitative estimate of drug-likeness (QED) is 0.688. The van der Waals surface area contributed by atoms with Crippen LogP contribution in [-0.2, 0) is 7.05 Å². The summed E-state index contributed by atoms with van der Waals surface area (Å²) >= 11 is 1.59. The summed E-state index contributed by atoms with van der Waals surface area (Å²) < 4.78 is 1.66. The maximum absolute atomic E-state index is 8.83. The predicted molar refractivity (Wildman–Crippen MR) is 51.2 cm³/mol. The monoisotopic (exact) mass is 189 g/mol. The van der Waals surface area contributed by atoms with Crippen LogP contribution in [0.4, 0.5) is 0 Å². The zero-order valence-corrected chi connectivity index (χ0v) is 7.88. The van der Waals surface area contributed by atoms with Gasteiger partial charge in [0.05, 0.1) is 10.4 Å². The first kappa shape index (κ1) is 8.02. The molecule has 0 amide bonds. The van der Waals surface area contributed by atoms with E-state index in [1.807, 2.05) is 24.6 Å². The molecule has 0 aliphatic rings. The minimum atomic E-state index is 0.630. The standard InChI is InChI=1S/C9H7N3S/c1-12-6-7(5-10)9(11-12)8-3-2-4-13-8/h2-4,6H,1H3. The van der Waals surface area contributed by atoms with Crippen molar-refractivity contribution >= 4 is 11.3 Å². The number of aromatic nitrogens is 2. The first-order valence-electron chi connectivity index (χ1n) is 3.79. The largest absolute Gasteiger partial charge is 0.274 e. The third-order valence-electron chi connectivity index (χ3n) is 1.70. The molecule has 0 atom stereocenters. The smallest absolute Gasteiger partial charge is 0.120 e. The Balaban J connectivity index is 2.59. The molecule has 0 bridgehead atoms. The van der Waals surface area contributed by atoms with E-state index in [9.17, 15) is 0 Å². The van der Waals surface area contributed by atoms with E-state index >= 15 is 0 Å². The molecule has 4 heteroatoms. The Morgan fingerprint density at radius 3 is 3.08 bits per heavy atom. The minimum absolute atomic E-state index is 0.630. The average molecular weight is 189 g/mol. The highest BCUT2D eigenvalue weighted by atomic mass is 32.1. The predicted octanol–water partition coefficient (Wildman–Crippen LogP) is 2.02. The highest BCUT2D eigenvalue weighted by molar-refractivity contribution is 7.13. The van der Waals surface area contributed by atoms with Gasteiger partial charge in [-0.05, 0) is 11.4 Å². The van der Waals surface area contributed by atoms with Crippen molar-refractivity contribution < 1.29 is 0 Å². The van der Waals surface area contributed by atoms with E-state index in [0.717, 1.165) is 10.6 Å². The Morgan fingerprint density at radius 1 is 1.62 bits per heavy atom. The fourth-order valence-electron chi connectivity index (χ4n) is 1.17. The van der Waals surface area contributed by atoms with Crippen LogP contribution >= 0.6 is 11.3 Å². The van der Waals surface area contributed by atoms with Gasteiger partial charge in [0, 0.05) is 13.2 Å². The second kappa shape index (κ2) is 3.04. The summed E-state index contributed by atoms with van der Waals surface area (Å²) in [5.74, 6) is 0.